The van der Waals surface area contributed by atoms with Crippen molar-refractivity contribution in [2.24, 2.45) is 5.73 Å². The topological polar surface area (TPSA) is 95.7 Å². The predicted octanol–water partition coefficient (Wildman–Crippen LogP) is 1.65. The summed E-state index contributed by atoms with van der Waals surface area (Å²) < 4.78 is 0. The van der Waals surface area contributed by atoms with Gasteiger partial charge in [0.25, 0.3) is 0 Å². The monoisotopic (exact) mass is 277 g/mol. The van der Waals surface area contributed by atoms with Crippen LogP contribution in [0.25, 0.3) is 0 Å². The first kappa shape index (κ1) is 14.3. The Morgan fingerprint density at radius 3 is 2.85 bits per heavy atom. The number of rotatable bonds is 2. The lowest BCUT2D eigenvalue weighted by atomic mass is 10.1. The largest absolute Gasteiger partial charge is 0.478 e. The average molecular weight is 277 g/mol. The van der Waals surface area contributed by atoms with E-state index in [0.29, 0.717) is 24.3 Å². The van der Waals surface area contributed by atoms with E-state index in [1.807, 2.05) is 0 Å². The van der Waals surface area contributed by atoms with Crippen LogP contribution < -0.4 is 11.1 Å². The number of carbonyl (C=O) groups is 2. The van der Waals surface area contributed by atoms with Crippen LogP contribution in [0.1, 0.15) is 28.8 Å². The van der Waals surface area contributed by atoms with Gasteiger partial charge in [-0.2, -0.15) is 0 Å². The summed E-state index contributed by atoms with van der Waals surface area (Å²) in [7, 11) is 0. The van der Waals surface area contributed by atoms with Crippen molar-refractivity contribution >= 4 is 17.7 Å². The van der Waals surface area contributed by atoms with E-state index in [2.05, 4.69) is 5.32 Å². The second-order valence-electron chi connectivity index (χ2n) is 5.08. The number of piperidine rings is 1. The van der Waals surface area contributed by atoms with E-state index >= 15 is 0 Å². The molecule has 1 aliphatic heterocycles. The lowest BCUT2D eigenvalue weighted by Gasteiger charge is -2.31. The van der Waals surface area contributed by atoms with Gasteiger partial charge in [0.2, 0.25) is 0 Å². The molecule has 2 amide bonds. The molecular weight excluding hydrogens is 258 g/mol. The molecule has 1 atom stereocenters. The van der Waals surface area contributed by atoms with E-state index in [1.54, 1.807) is 30.0 Å². The summed E-state index contributed by atoms with van der Waals surface area (Å²) in [5.41, 5.74) is 6.91. The Kier molecular flexibility index (Phi) is 4.24. The summed E-state index contributed by atoms with van der Waals surface area (Å²) in [4.78, 5) is 25.1. The first-order valence-electron chi connectivity index (χ1n) is 6.63. The second kappa shape index (κ2) is 5.92. The molecule has 0 aliphatic carbocycles. The molecule has 20 heavy (non-hydrogen) atoms. The number of benzene rings is 1. The number of carbonyl (C=O) groups excluding carboxylic acids is 1. The van der Waals surface area contributed by atoms with Crippen molar-refractivity contribution in [3.63, 3.8) is 0 Å². The van der Waals surface area contributed by atoms with Crippen molar-refractivity contribution < 1.29 is 14.7 Å². The van der Waals surface area contributed by atoms with Crippen LogP contribution in [0, 0.1) is 6.92 Å². The maximum atomic E-state index is 12.2. The molecule has 0 spiro atoms. The highest BCUT2D eigenvalue weighted by Gasteiger charge is 2.23. The van der Waals surface area contributed by atoms with Crippen LogP contribution in [-0.4, -0.2) is 41.1 Å². The summed E-state index contributed by atoms with van der Waals surface area (Å²) in [6, 6.07) is 4.72. The molecule has 1 saturated heterocycles. The van der Waals surface area contributed by atoms with Crippen LogP contribution in [-0.2, 0) is 0 Å². The standard InChI is InChI=1S/C14H19N3O3/c1-9-4-2-6-11(12(9)13(18)19)16-14(20)17-7-3-5-10(15)8-17/h2,4,6,10H,3,5,7-8,15H2,1H3,(H,16,20)(H,18,19). The molecule has 6 nitrogen and oxygen atoms in total. The zero-order chi connectivity index (χ0) is 14.7. The third kappa shape index (κ3) is 3.08. The fraction of sp³-hybridized carbons (Fsp3) is 0.429. The van der Waals surface area contributed by atoms with Crippen LogP contribution in [0.5, 0.6) is 0 Å². The van der Waals surface area contributed by atoms with Gasteiger partial charge in [0.15, 0.2) is 0 Å². The normalized spacial score (nSPS) is 18.7. The van der Waals surface area contributed by atoms with E-state index in [4.69, 9.17) is 5.73 Å². The fourth-order valence-corrected chi connectivity index (χ4v) is 2.44. The van der Waals surface area contributed by atoms with Crippen LogP contribution in [0.15, 0.2) is 18.2 Å². The van der Waals surface area contributed by atoms with Crippen molar-refractivity contribution in [3.8, 4) is 0 Å². The average Bonchev–Trinajstić information content (AvgIpc) is 2.38. The minimum atomic E-state index is -1.05. The van der Waals surface area contributed by atoms with Gasteiger partial charge in [-0.3, -0.25) is 0 Å². The molecule has 1 aromatic rings. The molecule has 6 heteroatoms. The van der Waals surface area contributed by atoms with E-state index in [9.17, 15) is 14.7 Å². The van der Waals surface area contributed by atoms with Crippen molar-refractivity contribution in [1.29, 1.82) is 0 Å². The number of anilines is 1. The quantitative estimate of drug-likeness (QED) is 0.765. The summed E-state index contributed by atoms with van der Waals surface area (Å²) >= 11 is 0. The van der Waals surface area contributed by atoms with Gasteiger partial charge in [-0.15, -0.1) is 0 Å². The minimum Gasteiger partial charge on any atom is -0.478 e. The lowest BCUT2D eigenvalue weighted by Crippen LogP contribution is -2.47. The van der Waals surface area contributed by atoms with E-state index < -0.39 is 5.97 Å². The number of carboxylic acid groups (broad SMARTS) is 1. The van der Waals surface area contributed by atoms with Gasteiger partial charge in [0.05, 0.1) is 11.3 Å². The van der Waals surface area contributed by atoms with Crippen molar-refractivity contribution in [1.82, 2.24) is 4.90 Å². The summed E-state index contributed by atoms with van der Waals surface area (Å²) in [6.45, 7) is 2.85. The third-order valence-corrected chi connectivity index (χ3v) is 3.47. The van der Waals surface area contributed by atoms with Gasteiger partial charge in [0.1, 0.15) is 0 Å². The van der Waals surface area contributed by atoms with Gasteiger partial charge in [0, 0.05) is 19.1 Å². The molecule has 1 aromatic carbocycles. The highest BCUT2D eigenvalue weighted by atomic mass is 16.4. The summed E-state index contributed by atoms with van der Waals surface area (Å²) in [6.07, 6.45) is 1.78. The highest BCUT2D eigenvalue weighted by Crippen LogP contribution is 2.20. The van der Waals surface area contributed by atoms with Crippen molar-refractivity contribution in [2.75, 3.05) is 18.4 Å². The number of hydrogen-bond acceptors (Lipinski definition) is 3. The van der Waals surface area contributed by atoms with Crippen molar-refractivity contribution in [2.45, 2.75) is 25.8 Å². The highest BCUT2D eigenvalue weighted by molar-refractivity contribution is 6.01. The zero-order valence-electron chi connectivity index (χ0n) is 11.4. The Hall–Kier alpha value is -2.08. The van der Waals surface area contributed by atoms with Gasteiger partial charge in [-0.25, -0.2) is 9.59 Å². The Morgan fingerprint density at radius 2 is 2.20 bits per heavy atom. The first-order chi connectivity index (χ1) is 9.49. The molecule has 1 fully saturated rings. The third-order valence-electron chi connectivity index (χ3n) is 3.47. The van der Waals surface area contributed by atoms with Crippen molar-refractivity contribution in [3.05, 3.63) is 29.3 Å². The zero-order valence-corrected chi connectivity index (χ0v) is 11.4. The molecule has 108 valence electrons. The van der Waals surface area contributed by atoms with Gasteiger partial charge in [-0.1, -0.05) is 12.1 Å². The number of nitrogens with zero attached hydrogens (tertiary/aromatic N) is 1. The Balaban J connectivity index is 2.15. The number of hydrogen-bond donors (Lipinski definition) is 3. The number of carboxylic acids is 1. The summed E-state index contributed by atoms with van der Waals surface area (Å²) in [5.74, 6) is -1.05. The van der Waals surface area contributed by atoms with Gasteiger partial charge >= 0.3 is 12.0 Å². The number of urea groups is 1. The SMILES string of the molecule is Cc1cccc(NC(=O)N2CCCC(N)C2)c1C(=O)O. The lowest BCUT2D eigenvalue weighted by molar-refractivity contribution is 0.0697. The van der Waals surface area contributed by atoms with Crippen LogP contribution in [0.4, 0.5) is 10.5 Å². The van der Waals surface area contributed by atoms with Crippen LogP contribution in [0.2, 0.25) is 0 Å². The number of nitrogens with one attached hydrogen (secondary N) is 1. The molecular formula is C14H19N3O3. The molecule has 0 saturated carbocycles. The first-order valence-corrected chi connectivity index (χ1v) is 6.63. The number of aryl methyl sites for hydroxylation is 1. The number of nitrogens with two attached hydrogens (primary N) is 1. The summed E-state index contributed by atoms with van der Waals surface area (Å²) in [5, 5.41) is 11.9. The Morgan fingerprint density at radius 1 is 1.45 bits per heavy atom. The van der Waals surface area contributed by atoms with E-state index in [1.165, 1.54) is 0 Å². The maximum Gasteiger partial charge on any atom is 0.338 e. The van der Waals surface area contributed by atoms with E-state index in [0.717, 1.165) is 12.8 Å². The van der Waals surface area contributed by atoms with Crippen LogP contribution in [0.3, 0.4) is 0 Å². The number of aromatic carboxylic acids is 1. The maximum absolute atomic E-state index is 12.2. The molecule has 0 radical (unpaired) electrons. The van der Waals surface area contributed by atoms with Gasteiger partial charge in [-0.05, 0) is 31.4 Å². The molecule has 1 aliphatic rings. The molecule has 0 aromatic heterocycles. The predicted molar refractivity (Wildman–Crippen MR) is 75.9 cm³/mol. The van der Waals surface area contributed by atoms with Gasteiger partial charge < -0.3 is 21.1 Å². The van der Waals surface area contributed by atoms with E-state index in [-0.39, 0.29) is 17.6 Å². The second-order valence-corrected chi connectivity index (χ2v) is 5.08. The Labute approximate surface area is 117 Å². The Bertz CT molecular complexity index is 530. The molecule has 4 N–H and O–H groups in total. The molecule has 0 bridgehead atoms. The fourth-order valence-electron chi connectivity index (χ4n) is 2.44. The smallest absolute Gasteiger partial charge is 0.338 e. The number of amides is 2. The molecule has 1 unspecified atom stereocenters. The number of likely N-dealkylation sites (tertiary alicyclic amines) is 1. The minimum absolute atomic E-state index is 0.00838. The van der Waals surface area contributed by atoms with Crippen LogP contribution >= 0.6 is 0 Å². The molecule has 1 heterocycles. The molecule has 2 rings (SSSR count).